The second-order valence-electron chi connectivity index (χ2n) is 11.1. The maximum absolute atomic E-state index is 11.0. The molecule has 0 aliphatic rings. The van der Waals surface area contributed by atoms with E-state index in [1.165, 1.54) is 12.1 Å². The van der Waals surface area contributed by atoms with Crippen LogP contribution in [0.1, 0.15) is 54.4 Å². The van der Waals surface area contributed by atoms with Crippen molar-refractivity contribution in [3.8, 4) is 0 Å². The van der Waals surface area contributed by atoms with Crippen molar-refractivity contribution in [2.45, 2.75) is 110 Å². The topological polar surface area (TPSA) is 130 Å². The molecular formula is C28H63I2NO8Si2V. The molecule has 0 radical (unpaired) electrons. The molecular weight excluding hydrogens is 839 g/mol. The standard InChI is InChI=1S/C14H35NO3Si2.C12H22O5.C2H6.2HI.V/c1-14(2,18-19(3)4)12-20(5,6)9-7-8-17-11-13(16)10-15;1-4-5-15-8-11(13)9-16-6-7-17-12(14)10(2)3;1-2;;;/h13,16,19H,7-12,15H2,1-6H3;11,13H,2,4-9H2,1,3H3;1-2H3;2*1H;/q;;;;;+2/p-2. The molecule has 0 aromatic rings. The first-order chi connectivity index (χ1) is 19.6. The van der Waals surface area contributed by atoms with Gasteiger partial charge in [-0.15, -0.1) is 0 Å². The number of halogens is 2. The van der Waals surface area contributed by atoms with Gasteiger partial charge in [-0.1, -0.05) is 46.5 Å². The van der Waals surface area contributed by atoms with E-state index in [-0.39, 0.29) is 38.6 Å². The van der Waals surface area contributed by atoms with Crippen LogP contribution in [0.25, 0.3) is 0 Å². The van der Waals surface area contributed by atoms with Crippen LogP contribution in [0.5, 0.6) is 0 Å². The number of carbonyl (C=O) groups is 1. The molecule has 0 saturated heterocycles. The molecule has 0 aliphatic carbocycles. The summed E-state index contributed by atoms with van der Waals surface area (Å²) in [6.45, 7) is 27.6. The summed E-state index contributed by atoms with van der Waals surface area (Å²) in [4.78, 5) is 11.0. The summed E-state index contributed by atoms with van der Waals surface area (Å²) in [5.41, 5.74) is 5.71. The van der Waals surface area contributed by atoms with Gasteiger partial charge in [0.2, 0.25) is 0 Å². The van der Waals surface area contributed by atoms with E-state index in [9.17, 15) is 15.0 Å². The summed E-state index contributed by atoms with van der Waals surface area (Å²) in [6.07, 6.45) is 0.817. The number of esters is 1. The molecule has 2 atom stereocenters. The maximum atomic E-state index is 11.0. The zero-order valence-corrected chi connectivity index (χ0v) is 35.9. The van der Waals surface area contributed by atoms with Crippen molar-refractivity contribution < 1.29 is 47.8 Å². The van der Waals surface area contributed by atoms with Gasteiger partial charge >= 0.3 is 55.4 Å². The van der Waals surface area contributed by atoms with E-state index in [0.717, 1.165) is 12.8 Å². The third-order valence-corrected chi connectivity index (χ3v) is 9.59. The van der Waals surface area contributed by atoms with Gasteiger partial charge in [0.05, 0.1) is 40.6 Å². The van der Waals surface area contributed by atoms with Crippen molar-refractivity contribution in [3.05, 3.63) is 12.2 Å². The SMILES string of the molecule is C=C(C)C(=O)OCCOCC(O)COCCC.CC.C[SiH](C)OC(C)(C)C[Si](C)(C)CCCOCC(O)CN.[I][V][I]. The summed E-state index contributed by atoms with van der Waals surface area (Å²) in [6, 6.07) is 2.43. The molecule has 14 heteroatoms. The van der Waals surface area contributed by atoms with Crippen LogP contribution >= 0.6 is 40.0 Å². The van der Waals surface area contributed by atoms with E-state index in [1.54, 1.807) is 6.92 Å². The van der Waals surface area contributed by atoms with Gasteiger partial charge in [0.1, 0.15) is 12.7 Å². The number of hydrogen-bond donors (Lipinski definition) is 3. The van der Waals surface area contributed by atoms with Gasteiger partial charge in [-0.05, 0) is 52.8 Å². The Kier molecular flexibility index (Phi) is 40.4. The van der Waals surface area contributed by atoms with Crippen molar-refractivity contribution >= 4 is 63.0 Å². The molecule has 2 unspecified atom stereocenters. The minimum atomic E-state index is -1.26. The van der Waals surface area contributed by atoms with Crippen molar-refractivity contribution in [3.63, 3.8) is 0 Å². The quantitative estimate of drug-likeness (QED) is 0.0424. The Morgan fingerprint density at radius 1 is 1.00 bits per heavy atom. The molecule has 0 amide bonds. The Balaban J connectivity index is -0.000000300. The molecule has 0 aromatic heterocycles. The van der Waals surface area contributed by atoms with Crippen molar-refractivity contribution in [2.75, 3.05) is 52.8 Å². The zero-order chi connectivity index (χ0) is 33.6. The van der Waals surface area contributed by atoms with Crippen molar-refractivity contribution in [2.24, 2.45) is 5.73 Å². The van der Waals surface area contributed by atoms with Crippen molar-refractivity contribution in [1.29, 1.82) is 0 Å². The van der Waals surface area contributed by atoms with Crippen LogP contribution in [-0.2, 0) is 37.6 Å². The molecule has 0 aliphatic heterocycles. The summed E-state index contributed by atoms with van der Waals surface area (Å²) < 4.78 is 26.7. The average molecular weight is 903 g/mol. The molecule has 0 saturated carbocycles. The van der Waals surface area contributed by atoms with Crippen LogP contribution in [-0.4, -0.2) is 104 Å². The normalized spacial score (nSPS) is 12.5. The third kappa shape index (κ3) is 41.4. The molecule has 42 heavy (non-hydrogen) atoms. The van der Waals surface area contributed by atoms with Gasteiger partial charge in [-0.2, -0.15) is 0 Å². The predicted octanol–water partition coefficient (Wildman–Crippen LogP) is 5.90. The van der Waals surface area contributed by atoms with Crippen LogP contribution < -0.4 is 5.73 Å². The van der Waals surface area contributed by atoms with E-state index in [1.807, 2.05) is 20.8 Å². The number of carbonyl (C=O) groups excluding carboxylic acids is 1. The summed E-state index contributed by atoms with van der Waals surface area (Å²) >= 11 is 4.74. The molecule has 0 spiro atoms. The Morgan fingerprint density at radius 2 is 1.48 bits per heavy atom. The molecule has 9 nitrogen and oxygen atoms in total. The Morgan fingerprint density at radius 3 is 1.93 bits per heavy atom. The first-order valence-corrected chi connectivity index (χ1v) is 30.0. The second-order valence-corrected chi connectivity index (χ2v) is 30.4. The number of nitrogens with two attached hydrogens (primary N) is 1. The van der Waals surface area contributed by atoms with Gasteiger partial charge in [0.25, 0.3) is 0 Å². The molecule has 255 valence electrons. The molecule has 0 rings (SSSR count). The number of aliphatic hydroxyl groups excluding tert-OH is 2. The summed E-state index contributed by atoms with van der Waals surface area (Å²) in [7, 11) is -1.61. The first kappa shape index (κ1) is 50.3. The van der Waals surface area contributed by atoms with Crippen LogP contribution in [0.15, 0.2) is 12.2 Å². The number of ether oxygens (including phenoxy) is 4. The Hall–Kier alpha value is 1.41. The monoisotopic (exact) mass is 902 g/mol. The van der Waals surface area contributed by atoms with E-state index in [2.05, 4.69) is 86.6 Å². The summed E-state index contributed by atoms with van der Waals surface area (Å²) in [5.74, 6) is -0.430. The van der Waals surface area contributed by atoms with Crippen LogP contribution in [0, 0.1) is 0 Å². The number of aliphatic hydroxyl groups is 2. The van der Waals surface area contributed by atoms with E-state index >= 15 is 0 Å². The van der Waals surface area contributed by atoms with Gasteiger partial charge in [0.15, 0.2) is 9.04 Å². The number of hydrogen-bond acceptors (Lipinski definition) is 9. The fourth-order valence-electron chi connectivity index (χ4n) is 3.81. The van der Waals surface area contributed by atoms with Crippen LogP contribution in [0.3, 0.4) is 0 Å². The average Bonchev–Trinajstić information content (AvgIpc) is 2.88. The summed E-state index contributed by atoms with van der Waals surface area (Å²) in [5, 5.41) is 18.7. The Bertz CT molecular complexity index is 624. The molecule has 0 aromatic carbocycles. The van der Waals surface area contributed by atoms with Crippen LogP contribution in [0.4, 0.5) is 0 Å². The van der Waals surface area contributed by atoms with E-state index in [0.29, 0.717) is 34.9 Å². The number of rotatable bonds is 21. The van der Waals surface area contributed by atoms with E-state index in [4.69, 9.17) is 29.1 Å². The fourth-order valence-corrected chi connectivity index (χ4v) is 9.00. The van der Waals surface area contributed by atoms with Gasteiger partial charge < -0.3 is 39.3 Å². The van der Waals surface area contributed by atoms with Gasteiger partial charge in [-0.3, -0.25) is 0 Å². The minimum absolute atomic E-state index is 0.0205. The zero-order valence-electron chi connectivity index (χ0n) is 28.0. The predicted molar refractivity (Wildman–Crippen MR) is 195 cm³/mol. The molecule has 0 fully saturated rings. The second kappa shape index (κ2) is 33.8. The van der Waals surface area contributed by atoms with E-state index < -0.39 is 35.3 Å². The van der Waals surface area contributed by atoms with Gasteiger partial charge in [-0.25, -0.2) is 4.79 Å². The molecule has 0 bridgehead atoms. The van der Waals surface area contributed by atoms with Crippen molar-refractivity contribution in [1.82, 2.24) is 0 Å². The van der Waals surface area contributed by atoms with Crippen LogP contribution in [0.2, 0.25) is 38.3 Å². The first-order valence-electron chi connectivity index (χ1n) is 14.8. The Labute approximate surface area is 289 Å². The third-order valence-electron chi connectivity index (χ3n) is 4.96. The molecule has 4 N–H and O–H groups in total. The fraction of sp³-hybridized carbons (Fsp3) is 0.893. The molecule has 0 heterocycles. The van der Waals surface area contributed by atoms with Gasteiger partial charge in [0, 0.05) is 30.9 Å².